The zero-order valence-electron chi connectivity index (χ0n) is 17.6. The monoisotopic (exact) mass is 419 g/mol. The number of aryl methyl sites for hydroxylation is 1. The summed E-state index contributed by atoms with van der Waals surface area (Å²) in [4.78, 5) is 16.8. The highest BCUT2D eigenvalue weighted by Gasteiger charge is 2.24. The van der Waals surface area contributed by atoms with Gasteiger partial charge in [0.25, 0.3) is 0 Å². The number of benzene rings is 4. The van der Waals surface area contributed by atoms with E-state index in [2.05, 4.69) is 29.3 Å². The summed E-state index contributed by atoms with van der Waals surface area (Å²) in [6.07, 6.45) is 1.71. The largest absolute Gasteiger partial charge is 0.488 e. The molecule has 0 bridgehead atoms. The van der Waals surface area contributed by atoms with Crippen LogP contribution in [0.5, 0.6) is 5.75 Å². The molecule has 0 saturated heterocycles. The lowest BCUT2D eigenvalue weighted by Crippen LogP contribution is -2.05. The Hall–Kier alpha value is -4.18. The molecule has 32 heavy (non-hydrogen) atoms. The van der Waals surface area contributed by atoms with Gasteiger partial charge in [0.1, 0.15) is 12.4 Å². The minimum absolute atomic E-state index is 0.252. The summed E-state index contributed by atoms with van der Waals surface area (Å²) >= 11 is 0. The van der Waals surface area contributed by atoms with Crippen LogP contribution in [0.2, 0.25) is 0 Å². The average Bonchev–Trinajstić information content (AvgIpc) is 3.19. The second-order valence-corrected chi connectivity index (χ2v) is 7.67. The van der Waals surface area contributed by atoms with Crippen molar-refractivity contribution in [3.05, 3.63) is 119 Å². The molecule has 0 spiro atoms. The molecule has 0 fully saturated rings. The molecule has 4 aromatic rings. The number of cyclic esters (lactones) is 1. The molecule has 0 saturated carbocycles. The van der Waals surface area contributed by atoms with Gasteiger partial charge in [-0.05, 0) is 47.5 Å². The molecule has 0 amide bonds. The molecule has 0 aliphatic carbocycles. The number of carbonyl (C=O) groups excluding carboxylic acids is 1. The molecular weight excluding hydrogens is 398 g/mol. The van der Waals surface area contributed by atoms with E-state index in [-0.39, 0.29) is 5.70 Å². The molecule has 4 heteroatoms. The second-order valence-electron chi connectivity index (χ2n) is 7.67. The number of esters is 1. The van der Waals surface area contributed by atoms with Gasteiger partial charge in [0, 0.05) is 11.1 Å². The predicted octanol–water partition coefficient (Wildman–Crippen LogP) is 6.07. The fraction of sp³-hybridized carbons (Fsp3) is 0.0714. The van der Waals surface area contributed by atoms with E-state index in [4.69, 9.17) is 9.47 Å². The first-order valence-corrected chi connectivity index (χ1v) is 10.5. The van der Waals surface area contributed by atoms with Crippen molar-refractivity contribution in [2.45, 2.75) is 13.5 Å². The third-order valence-corrected chi connectivity index (χ3v) is 5.39. The number of fused-ring (bicyclic) bond motifs is 1. The normalized spacial score (nSPS) is 14.5. The van der Waals surface area contributed by atoms with Crippen LogP contribution in [0, 0.1) is 6.92 Å². The van der Waals surface area contributed by atoms with Crippen molar-refractivity contribution in [1.82, 2.24) is 0 Å². The topological polar surface area (TPSA) is 47.9 Å². The van der Waals surface area contributed by atoms with Gasteiger partial charge >= 0.3 is 5.97 Å². The molecule has 4 nitrogen and oxygen atoms in total. The third-order valence-electron chi connectivity index (χ3n) is 5.39. The summed E-state index contributed by atoms with van der Waals surface area (Å²) in [6.45, 7) is 2.43. The fourth-order valence-corrected chi connectivity index (χ4v) is 3.68. The molecule has 5 rings (SSSR count). The molecular formula is C28H21NO3. The van der Waals surface area contributed by atoms with Crippen LogP contribution in [0.25, 0.3) is 16.8 Å². The first-order chi connectivity index (χ1) is 15.7. The van der Waals surface area contributed by atoms with E-state index in [0.717, 1.165) is 27.6 Å². The SMILES string of the molecule is Cc1ccc(C2=NC(=Cc3ccccc3OCc3cccc4ccccc34)C(=O)O2)cc1. The van der Waals surface area contributed by atoms with Crippen molar-refractivity contribution in [2.24, 2.45) is 4.99 Å². The van der Waals surface area contributed by atoms with Crippen molar-refractivity contribution in [3.63, 3.8) is 0 Å². The highest BCUT2D eigenvalue weighted by Crippen LogP contribution is 2.27. The van der Waals surface area contributed by atoms with E-state index in [0.29, 0.717) is 18.3 Å². The number of nitrogens with zero attached hydrogens (tertiary/aromatic N) is 1. The zero-order chi connectivity index (χ0) is 21.9. The molecule has 4 aromatic carbocycles. The van der Waals surface area contributed by atoms with E-state index in [9.17, 15) is 4.79 Å². The predicted molar refractivity (Wildman–Crippen MR) is 127 cm³/mol. The molecule has 0 atom stereocenters. The van der Waals surface area contributed by atoms with E-state index >= 15 is 0 Å². The summed E-state index contributed by atoms with van der Waals surface area (Å²) < 4.78 is 11.5. The van der Waals surface area contributed by atoms with Crippen molar-refractivity contribution >= 4 is 28.7 Å². The van der Waals surface area contributed by atoms with Gasteiger partial charge in [-0.15, -0.1) is 0 Å². The maximum Gasteiger partial charge on any atom is 0.363 e. The lowest BCUT2D eigenvalue weighted by atomic mass is 10.1. The summed E-state index contributed by atoms with van der Waals surface area (Å²) in [6, 6.07) is 29.7. The van der Waals surface area contributed by atoms with Crippen molar-refractivity contribution in [2.75, 3.05) is 0 Å². The van der Waals surface area contributed by atoms with Crippen molar-refractivity contribution < 1.29 is 14.3 Å². The number of ether oxygens (including phenoxy) is 2. The molecule has 0 unspecified atom stereocenters. The Morgan fingerprint density at radius 2 is 1.62 bits per heavy atom. The summed E-state index contributed by atoms with van der Waals surface area (Å²) in [5.74, 6) is 0.527. The number of carbonyl (C=O) groups is 1. The smallest absolute Gasteiger partial charge is 0.363 e. The third kappa shape index (κ3) is 4.03. The number of hydrogen-bond donors (Lipinski definition) is 0. The maximum atomic E-state index is 12.4. The van der Waals surface area contributed by atoms with Crippen LogP contribution in [0.1, 0.15) is 22.3 Å². The van der Waals surface area contributed by atoms with E-state index in [1.807, 2.05) is 73.7 Å². The Morgan fingerprint density at radius 1 is 0.875 bits per heavy atom. The van der Waals surface area contributed by atoms with Gasteiger partial charge in [0.15, 0.2) is 5.70 Å². The minimum atomic E-state index is -0.468. The van der Waals surface area contributed by atoms with Crippen LogP contribution in [-0.4, -0.2) is 11.9 Å². The van der Waals surface area contributed by atoms with Gasteiger partial charge in [-0.3, -0.25) is 0 Å². The number of para-hydroxylation sites is 1. The Balaban J connectivity index is 1.41. The Kier molecular flexibility index (Phi) is 5.26. The fourth-order valence-electron chi connectivity index (χ4n) is 3.68. The van der Waals surface area contributed by atoms with Gasteiger partial charge in [-0.2, -0.15) is 0 Å². The molecule has 156 valence electrons. The molecule has 1 aliphatic heterocycles. The van der Waals surface area contributed by atoms with Gasteiger partial charge < -0.3 is 9.47 Å². The van der Waals surface area contributed by atoms with E-state index < -0.39 is 5.97 Å². The first-order valence-electron chi connectivity index (χ1n) is 10.5. The quantitative estimate of drug-likeness (QED) is 0.291. The van der Waals surface area contributed by atoms with Gasteiger partial charge in [0.2, 0.25) is 5.90 Å². The Morgan fingerprint density at radius 3 is 2.50 bits per heavy atom. The molecule has 1 aliphatic rings. The Bertz CT molecular complexity index is 1360. The first kappa shape index (κ1) is 19.8. The van der Waals surface area contributed by atoms with Crippen LogP contribution < -0.4 is 4.74 Å². The zero-order valence-corrected chi connectivity index (χ0v) is 17.6. The standard InChI is InChI=1S/C28H21NO3/c1-19-13-15-21(16-14-19)27-29-25(28(30)32-27)17-22-8-3-5-12-26(22)31-18-23-10-6-9-20-7-2-4-11-24(20)23/h2-17H,18H2,1H3. The van der Waals surface area contributed by atoms with Crippen LogP contribution in [0.3, 0.4) is 0 Å². The van der Waals surface area contributed by atoms with Crippen LogP contribution in [0.15, 0.2) is 102 Å². The summed E-state index contributed by atoms with van der Waals surface area (Å²) in [5.41, 5.74) is 4.03. The number of rotatable bonds is 5. The summed E-state index contributed by atoms with van der Waals surface area (Å²) in [5, 5.41) is 2.34. The molecule has 1 heterocycles. The summed E-state index contributed by atoms with van der Waals surface area (Å²) in [7, 11) is 0. The van der Waals surface area contributed by atoms with Gasteiger partial charge in [-0.1, -0.05) is 78.4 Å². The van der Waals surface area contributed by atoms with Crippen molar-refractivity contribution in [3.8, 4) is 5.75 Å². The molecule has 0 N–H and O–H groups in total. The second kappa shape index (κ2) is 8.52. The molecule has 0 aromatic heterocycles. The minimum Gasteiger partial charge on any atom is -0.488 e. The van der Waals surface area contributed by atoms with Crippen LogP contribution in [-0.2, 0) is 16.1 Å². The van der Waals surface area contributed by atoms with Crippen LogP contribution >= 0.6 is 0 Å². The number of aliphatic imine (C=N–C) groups is 1. The average molecular weight is 419 g/mol. The highest BCUT2D eigenvalue weighted by molar-refractivity contribution is 6.13. The van der Waals surface area contributed by atoms with Crippen molar-refractivity contribution in [1.29, 1.82) is 0 Å². The van der Waals surface area contributed by atoms with Gasteiger partial charge in [-0.25, -0.2) is 9.79 Å². The Labute approximate surface area is 186 Å². The lowest BCUT2D eigenvalue weighted by molar-refractivity contribution is -0.129. The van der Waals surface area contributed by atoms with E-state index in [1.54, 1.807) is 6.08 Å². The highest BCUT2D eigenvalue weighted by atomic mass is 16.6. The number of hydrogen-bond acceptors (Lipinski definition) is 4. The van der Waals surface area contributed by atoms with E-state index in [1.165, 1.54) is 5.39 Å². The van der Waals surface area contributed by atoms with Gasteiger partial charge in [0.05, 0.1) is 0 Å². The van der Waals surface area contributed by atoms with Crippen LogP contribution in [0.4, 0.5) is 0 Å². The molecule has 0 radical (unpaired) electrons. The lowest BCUT2D eigenvalue weighted by Gasteiger charge is -2.11. The maximum absolute atomic E-state index is 12.4.